The number of ether oxygens (including phenoxy) is 3. The largest absolute Gasteiger partial charge is 0.493 e. The zero-order chi connectivity index (χ0) is 21.7. The van der Waals surface area contributed by atoms with Crippen LogP contribution >= 0.6 is 11.6 Å². The first-order valence-electron chi connectivity index (χ1n) is 9.62. The number of hydrogen-bond donors (Lipinski definition) is 1. The van der Waals surface area contributed by atoms with Crippen molar-refractivity contribution in [2.75, 3.05) is 39.7 Å². The van der Waals surface area contributed by atoms with Crippen LogP contribution in [0.3, 0.4) is 0 Å². The van der Waals surface area contributed by atoms with Crippen LogP contribution in [0.2, 0.25) is 5.02 Å². The summed E-state index contributed by atoms with van der Waals surface area (Å²) in [6, 6.07) is 10.3. The van der Waals surface area contributed by atoms with E-state index in [9.17, 15) is 9.59 Å². The van der Waals surface area contributed by atoms with Crippen molar-refractivity contribution < 1.29 is 23.8 Å². The first kappa shape index (κ1) is 21.8. The molecule has 0 aromatic heterocycles. The lowest BCUT2D eigenvalue weighted by molar-refractivity contribution is -0.121. The summed E-state index contributed by atoms with van der Waals surface area (Å²) in [5.41, 5.74) is 1.16. The van der Waals surface area contributed by atoms with E-state index in [0.29, 0.717) is 59.5 Å². The van der Waals surface area contributed by atoms with Crippen molar-refractivity contribution in [3.8, 4) is 17.2 Å². The third-order valence-corrected chi connectivity index (χ3v) is 5.43. The number of halogens is 1. The summed E-state index contributed by atoms with van der Waals surface area (Å²) in [5.74, 6) is 0.969. The number of nitrogens with one attached hydrogen (secondary N) is 1. The van der Waals surface area contributed by atoms with Crippen LogP contribution in [0, 0.1) is 5.92 Å². The number of hydrogen-bond acceptors (Lipinski definition) is 5. The summed E-state index contributed by atoms with van der Waals surface area (Å²) >= 11 is 5.88. The van der Waals surface area contributed by atoms with Gasteiger partial charge in [0, 0.05) is 35.3 Å². The van der Waals surface area contributed by atoms with Crippen molar-refractivity contribution in [2.24, 2.45) is 5.92 Å². The second-order valence-electron chi connectivity index (χ2n) is 6.98. The van der Waals surface area contributed by atoms with Gasteiger partial charge in [0.1, 0.15) is 0 Å². The molecule has 30 heavy (non-hydrogen) atoms. The molecular formula is C22H25ClN2O5. The zero-order valence-electron chi connectivity index (χ0n) is 17.2. The second-order valence-corrected chi connectivity index (χ2v) is 7.41. The fourth-order valence-corrected chi connectivity index (χ4v) is 3.64. The number of carbonyl (C=O) groups excluding carboxylic acids is 2. The van der Waals surface area contributed by atoms with Crippen LogP contribution < -0.4 is 19.5 Å². The third kappa shape index (κ3) is 4.79. The van der Waals surface area contributed by atoms with Crippen molar-refractivity contribution in [1.82, 2.24) is 4.90 Å². The number of piperidine rings is 1. The maximum atomic E-state index is 13.0. The molecule has 1 aliphatic rings. The molecule has 1 saturated heterocycles. The zero-order valence-corrected chi connectivity index (χ0v) is 18.0. The van der Waals surface area contributed by atoms with Crippen LogP contribution in [0.25, 0.3) is 0 Å². The van der Waals surface area contributed by atoms with Gasteiger partial charge in [0.25, 0.3) is 5.91 Å². The van der Waals surface area contributed by atoms with Crippen molar-refractivity contribution in [2.45, 2.75) is 12.8 Å². The molecule has 1 aliphatic heterocycles. The number of amides is 2. The Balaban J connectivity index is 1.64. The second kappa shape index (κ2) is 9.71. The van der Waals surface area contributed by atoms with Crippen molar-refractivity contribution in [3.05, 3.63) is 47.0 Å². The molecule has 3 rings (SSSR count). The Morgan fingerprint density at radius 3 is 2.03 bits per heavy atom. The number of nitrogens with zero attached hydrogens (tertiary/aromatic N) is 1. The van der Waals surface area contributed by atoms with E-state index in [1.54, 1.807) is 41.3 Å². The molecule has 0 bridgehead atoms. The predicted molar refractivity (Wildman–Crippen MR) is 115 cm³/mol. The van der Waals surface area contributed by atoms with Gasteiger partial charge in [0.2, 0.25) is 11.7 Å². The monoisotopic (exact) mass is 432 g/mol. The lowest BCUT2D eigenvalue weighted by atomic mass is 9.95. The van der Waals surface area contributed by atoms with Gasteiger partial charge in [-0.3, -0.25) is 9.59 Å². The van der Waals surface area contributed by atoms with E-state index < -0.39 is 0 Å². The van der Waals surface area contributed by atoms with Crippen LogP contribution in [0.1, 0.15) is 23.2 Å². The summed E-state index contributed by atoms with van der Waals surface area (Å²) in [6.07, 6.45) is 1.19. The number of anilines is 1. The average molecular weight is 433 g/mol. The Bertz CT molecular complexity index is 883. The van der Waals surface area contributed by atoms with Crippen LogP contribution in [-0.4, -0.2) is 51.1 Å². The third-order valence-electron chi connectivity index (χ3n) is 5.18. The topological polar surface area (TPSA) is 77.1 Å². The quantitative estimate of drug-likeness (QED) is 0.750. The Hall–Kier alpha value is -2.93. The number of benzene rings is 2. The summed E-state index contributed by atoms with van der Waals surface area (Å²) in [4.78, 5) is 27.3. The standard InChI is InChI=1S/C22H25ClN2O5/c1-28-18-12-15(13-19(29-2)20(18)30-3)22(27)25-10-8-14(9-11-25)21(26)24-17-6-4-16(23)5-7-17/h4-7,12-14H,8-11H2,1-3H3,(H,24,26). The molecule has 2 amide bonds. The van der Waals surface area contributed by atoms with Gasteiger partial charge in [-0.05, 0) is 49.2 Å². The highest BCUT2D eigenvalue weighted by molar-refractivity contribution is 6.30. The molecule has 0 saturated carbocycles. The molecule has 0 atom stereocenters. The van der Waals surface area contributed by atoms with Gasteiger partial charge in [-0.25, -0.2) is 0 Å². The van der Waals surface area contributed by atoms with Gasteiger partial charge in [-0.1, -0.05) is 11.6 Å². The smallest absolute Gasteiger partial charge is 0.254 e. The van der Waals surface area contributed by atoms with E-state index >= 15 is 0 Å². The summed E-state index contributed by atoms with van der Waals surface area (Å²) < 4.78 is 16.0. The molecule has 0 unspecified atom stereocenters. The minimum Gasteiger partial charge on any atom is -0.493 e. The van der Waals surface area contributed by atoms with Crippen molar-refractivity contribution >= 4 is 29.1 Å². The van der Waals surface area contributed by atoms with Gasteiger partial charge < -0.3 is 24.4 Å². The molecule has 8 heteroatoms. The molecule has 0 aliphatic carbocycles. The van der Waals surface area contributed by atoms with Crippen molar-refractivity contribution in [3.63, 3.8) is 0 Å². The van der Waals surface area contributed by atoms with Crippen molar-refractivity contribution in [1.29, 1.82) is 0 Å². The minimum absolute atomic E-state index is 0.0443. The molecule has 2 aromatic carbocycles. The van der Waals surface area contributed by atoms with E-state index in [2.05, 4.69) is 5.32 Å². The molecule has 160 valence electrons. The fraction of sp³-hybridized carbons (Fsp3) is 0.364. The van der Waals surface area contributed by atoms with E-state index in [-0.39, 0.29) is 17.7 Å². The van der Waals surface area contributed by atoms with Gasteiger partial charge >= 0.3 is 0 Å². The van der Waals surface area contributed by atoms with Gasteiger partial charge in [0.15, 0.2) is 11.5 Å². The average Bonchev–Trinajstić information content (AvgIpc) is 2.79. The lowest BCUT2D eigenvalue weighted by Gasteiger charge is -2.31. The Labute approximate surface area is 180 Å². The van der Waals surface area contributed by atoms with Gasteiger partial charge in [0.05, 0.1) is 21.3 Å². The van der Waals surface area contributed by atoms with Crippen LogP contribution in [0.15, 0.2) is 36.4 Å². The fourth-order valence-electron chi connectivity index (χ4n) is 3.51. The van der Waals surface area contributed by atoms with Crippen LogP contribution in [-0.2, 0) is 4.79 Å². The molecule has 7 nitrogen and oxygen atoms in total. The summed E-state index contributed by atoms with van der Waals surface area (Å²) in [7, 11) is 4.54. The number of rotatable bonds is 6. The number of methoxy groups -OCH3 is 3. The van der Waals surface area contributed by atoms with E-state index in [4.69, 9.17) is 25.8 Å². The first-order valence-corrected chi connectivity index (χ1v) is 10.00. The Morgan fingerprint density at radius 2 is 1.53 bits per heavy atom. The molecular weight excluding hydrogens is 408 g/mol. The Kier molecular flexibility index (Phi) is 7.05. The highest BCUT2D eigenvalue weighted by Crippen LogP contribution is 2.38. The van der Waals surface area contributed by atoms with Crippen LogP contribution in [0.5, 0.6) is 17.2 Å². The SMILES string of the molecule is COc1cc(C(=O)N2CCC(C(=O)Nc3ccc(Cl)cc3)CC2)cc(OC)c1OC. The molecule has 1 heterocycles. The molecule has 1 fully saturated rings. The van der Waals surface area contributed by atoms with Gasteiger partial charge in [-0.15, -0.1) is 0 Å². The van der Waals surface area contributed by atoms with Gasteiger partial charge in [-0.2, -0.15) is 0 Å². The van der Waals surface area contributed by atoms with E-state index in [0.717, 1.165) is 0 Å². The number of likely N-dealkylation sites (tertiary alicyclic amines) is 1. The molecule has 0 spiro atoms. The predicted octanol–water partition coefficient (Wildman–Crippen LogP) is 3.86. The normalized spacial score (nSPS) is 14.2. The molecule has 1 N–H and O–H groups in total. The summed E-state index contributed by atoms with van der Waals surface area (Å²) in [5, 5.41) is 3.53. The number of carbonyl (C=O) groups is 2. The maximum Gasteiger partial charge on any atom is 0.254 e. The van der Waals surface area contributed by atoms with E-state index in [1.807, 2.05) is 0 Å². The Morgan fingerprint density at radius 1 is 0.967 bits per heavy atom. The first-order chi connectivity index (χ1) is 14.5. The molecule has 0 radical (unpaired) electrons. The molecule has 2 aromatic rings. The van der Waals surface area contributed by atoms with E-state index in [1.165, 1.54) is 21.3 Å². The minimum atomic E-state index is -0.148. The maximum absolute atomic E-state index is 13.0. The van der Waals surface area contributed by atoms with Crippen LogP contribution in [0.4, 0.5) is 5.69 Å². The highest BCUT2D eigenvalue weighted by Gasteiger charge is 2.29. The lowest BCUT2D eigenvalue weighted by Crippen LogP contribution is -2.41. The highest BCUT2D eigenvalue weighted by atomic mass is 35.5. The summed E-state index contributed by atoms with van der Waals surface area (Å²) in [6.45, 7) is 0.988.